The first-order valence-electron chi connectivity index (χ1n) is 4.49. The van der Waals surface area contributed by atoms with Gasteiger partial charge in [0.1, 0.15) is 0 Å². The Morgan fingerprint density at radius 3 is 2.92 bits per heavy atom. The van der Waals surface area contributed by atoms with Crippen LogP contribution in [-0.2, 0) is 6.54 Å². The molecular formula is C9H14N2O2. The predicted octanol–water partition coefficient (Wildman–Crippen LogP) is 1.77. The number of aryl methyl sites for hydroxylation is 1. The van der Waals surface area contributed by atoms with Crippen LogP contribution in [0.15, 0.2) is 12.5 Å². The van der Waals surface area contributed by atoms with Crippen LogP contribution >= 0.6 is 0 Å². The van der Waals surface area contributed by atoms with E-state index in [1.165, 1.54) is 12.8 Å². The summed E-state index contributed by atoms with van der Waals surface area (Å²) in [6, 6.07) is 0. The lowest BCUT2D eigenvalue weighted by Gasteiger charge is -1.98. The number of aromatic carboxylic acids is 1. The van der Waals surface area contributed by atoms with Gasteiger partial charge >= 0.3 is 5.97 Å². The molecule has 0 atom stereocenters. The summed E-state index contributed by atoms with van der Waals surface area (Å²) in [6.45, 7) is 2.99. The van der Waals surface area contributed by atoms with Crippen molar-refractivity contribution in [3.05, 3.63) is 18.2 Å². The van der Waals surface area contributed by atoms with Crippen LogP contribution in [-0.4, -0.2) is 20.6 Å². The molecule has 72 valence electrons. The van der Waals surface area contributed by atoms with Gasteiger partial charge in [-0.1, -0.05) is 19.8 Å². The molecule has 1 aromatic rings. The normalized spacial score (nSPS) is 10.2. The summed E-state index contributed by atoms with van der Waals surface area (Å²) in [5, 5.41) is 8.59. The average molecular weight is 182 g/mol. The van der Waals surface area contributed by atoms with Gasteiger partial charge in [-0.05, 0) is 6.42 Å². The van der Waals surface area contributed by atoms with Crippen LogP contribution in [0.5, 0.6) is 0 Å². The van der Waals surface area contributed by atoms with Crippen molar-refractivity contribution >= 4 is 5.97 Å². The third-order valence-electron chi connectivity index (χ3n) is 1.87. The Kier molecular flexibility index (Phi) is 3.49. The second kappa shape index (κ2) is 4.64. The molecule has 1 aromatic heterocycles. The quantitative estimate of drug-likeness (QED) is 0.706. The monoisotopic (exact) mass is 182 g/mol. The van der Waals surface area contributed by atoms with Crippen molar-refractivity contribution in [1.29, 1.82) is 0 Å². The maximum Gasteiger partial charge on any atom is 0.356 e. The van der Waals surface area contributed by atoms with E-state index < -0.39 is 5.97 Å². The van der Waals surface area contributed by atoms with Crippen molar-refractivity contribution in [2.75, 3.05) is 0 Å². The third kappa shape index (κ3) is 2.89. The highest BCUT2D eigenvalue weighted by Crippen LogP contribution is 2.00. The van der Waals surface area contributed by atoms with Gasteiger partial charge in [0.2, 0.25) is 0 Å². The third-order valence-corrected chi connectivity index (χ3v) is 1.87. The number of hydrogen-bond acceptors (Lipinski definition) is 2. The molecule has 13 heavy (non-hydrogen) atoms. The summed E-state index contributed by atoms with van der Waals surface area (Å²) in [7, 11) is 0. The van der Waals surface area contributed by atoms with Crippen LogP contribution in [0.4, 0.5) is 0 Å². The van der Waals surface area contributed by atoms with Gasteiger partial charge in [0.05, 0.1) is 6.33 Å². The maximum absolute atomic E-state index is 10.5. The SMILES string of the molecule is CCCCCn1cnc(C(=O)O)c1. The molecule has 1 heterocycles. The molecule has 0 radical (unpaired) electrons. The second-order valence-corrected chi connectivity index (χ2v) is 3.01. The average Bonchev–Trinajstić information content (AvgIpc) is 2.53. The highest BCUT2D eigenvalue weighted by Gasteiger charge is 2.05. The minimum atomic E-state index is -0.964. The van der Waals surface area contributed by atoms with E-state index in [-0.39, 0.29) is 5.69 Å². The zero-order valence-corrected chi connectivity index (χ0v) is 7.73. The first kappa shape index (κ1) is 9.77. The Hall–Kier alpha value is -1.32. The van der Waals surface area contributed by atoms with Gasteiger partial charge in [-0.25, -0.2) is 9.78 Å². The summed E-state index contributed by atoms with van der Waals surface area (Å²) >= 11 is 0. The molecule has 1 rings (SSSR count). The van der Waals surface area contributed by atoms with E-state index in [0.29, 0.717) is 0 Å². The molecule has 0 saturated carbocycles. The van der Waals surface area contributed by atoms with Gasteiger partial charge in [-0.2, -0.15) is 0 Å². The van der Waals surface area contributed by atoms with Gasteiger partial charge in [-0.15, -0.1) is 0 Å². The number of rotatable bonds is 5. The van der Waals surface area contributed by atoms with E-state index in [4.69, 9.17) is 5.11 Å². The van der Waals surface area contributed by atoms with Crippen LogP contribution in [0.1, 0.15) is 36.7 Å². The molecule has 1 N–H and O–H groups in total. The van der Waals surface area contributed by atoms with Crippen LogP contribution in [0.3, 0.4) is 0 Å². The number of carboxylic acid groups (broad SMARTS) is 1. The van der Waals surface area contributed by atoms with Crippen molar-refractivity contribution in [3.8, 4) is 0 Å². The predicted molar refractivity (Wildman–Crippen MR) is 48.7 cm³/mol. The molecular weight excluding hydrogens is 168 g/mol. The fraction of sp³-hybridized carbons (Fsp3) is 0.556. The Bertz CT molecular complexity index is 281. The summed E-state index contributed by atoms with van der Waals surface area (Å²) in [4.78, 5) is 14.2. The number of nitrogens with zero attached hydrogens (tertiary/aromatic N) is 2. The maximum atomic E-state index is 10.5. The lowest BCUT2D eigenvalue weighted by Crippen LogP contribution is -1.97. The summed E-state index contributed by atoms with van der Waals surface area (Å²) in [6.07, 6.45) is 6.55. The van der Waals surface area contributed by atoms with Gasteiger partial charge in [-0.3, -0.25) is 0 Å². The van der Waals surface area contributed by atoms with E-state index in [0.717, 1.165) is 13.0 Å². The fourth-order valence-electron chi connectivity index (χ4n) is 1.14. The molecule has 0 aromatic carbocycles. The molecule has 0 aliphatic rings. The first-order valence-corrected chi connectivity index (χ1v) is 4.49. The van der Waals surface area contributed by atoms with Crippen molar-refractivity contribution in [2.24, 2.45) is 0 Å². The molecule has 0 unspecified atom stereocenters. The van der Waals surface area contributed by atoms with E-state index >= 15 is 0 Å². The second-order valence-electron chi connectivity index (χ2n) is 3.01. The number of carbonyl (C=O) groups is 1. The van der Waals surface area contributed by atoms with Crippen LogP contribution in [0.2, 0.25) is 0 Å². The Labute approximate surface area is 77.2 Å². The lowest BCUT2D eigenvalue weighted by molar-refractivity contribution is 0.0691. The van der Waals surface area contributed by atoms with Crippen molar-refractivity contribution in [2.45, 2.75) is 32.7 Å². The minimum Gasteiger partial charge on any atom is -0.476 e. The van der Waals surface area contributed by atoms with E-state index in [2.05, 4.69) is 11.9 Å². The zero-order chi connectivity index (χ0) is 9.68. The molecule has 4 nitrogen and oxygen atoms in total. The highest BCUT2D eigenvalue weighted by molar-refractivity contribution is 5.84. The van der Waals surface area contributed by atoms with E-state index in [1.807, 2.05) is 4.57 Å². The molecule has 4 heteroatoms. The number of imidazole rings is 1. The number of hydrogen-bond donors (Lipinski definition) is 1. The van der Waals surface area contributed by atoms with E-state index in [1.54, 1.807) is 12.5 Å². The summed E-state index contributed by atoms with van der Waals surface area (Å²) in [5.41, 5.74) is 0.122. The fourth-order valence-corrected chi connectivity index (χ4v) is 1.14. The summed E-state index contributed by atoms with van der Waals surface area (Å²) < 4.78 is 1.82. The van der Waals surface area contributed by atoms with Crippen LogP contribution < -0.4 is 0 Å². The van der Waals surface area contributed by atoms with Gasteiger partial charge in [0.25, 0.3) is 0 Å². The van der Waals surface area contributed by atoms with Gasteiger partial charge in [0.15, 0.2) is 5.69 Å². The Balaban J connectivity index is 2.44. The molecule has 0 spiro atoms. The smallest absolute Gasteiger partial charge is 0.356 e. The van der Waals surface area contributed by atoms with Crippen molar-refractivity contribution < 1.29 is 9.90 Å². The van der Waals surface area contributed by atoms with Crippen LogP contribution in [0.25, 0.3) is 0 Å². The Morgan fingerprint density at radius 1 is 1.62 bits per heavy atom. The number of unbranched alkanes of at least 4 members (excludes halogenated alkanes) is 2. The number of carboxylic acids is 1. The molecule has 0 saturated heterocycles. The minimum absolute atomic E-state index is 0.122. The molecule has 0 fully saturated rings. The molecule has 0 aliphatic carbocycles. The molecule has 0 bridgehead atoms. The molecule has 0 amide bonds. The number of aromatic nitrogens is 2. The van der Waals surface area contributed by atoms with Gasteiger partial charge in [0, 0.05) is 12.7 Å². The molecule has 0 aliphatic heterocycles. The Morgan fingerprint density at radius 2 is 2.38 bits per heavy atom. The standard InChI is InChI=1S/C9H14N2O2/c1-2-3-4-5-11-6-8(9(12)13)10-7-11/h6-7H,2-5H2,1H3,(H,12,13). The largest absolute Gasteiger partial charge is 0.476 e. The van der Waals surface area contributed by atoms with Crippen LogP contribution in [0, 0.1) is 0 Å². The topological polar surface area (TPSA) is 55.1 Å². The first-order chi connectivity index (χ1) is 6.24. The lowest BCUT2D eigenvalue weighted by atomic mass is 10.2. The van der Waals surface area contributed by atoms with E-state index in [9.17, 15) is 4.79 Å². The highest BCUT2D eigenvalue weighted by atomic mass is 16.4. The van der Waals surface area contributed by atoms with Crippen molar-refractivity contribution in [1.82, 2.24) is 9.55 Å². The summed E-state index contributed by atoms with van der Waals surface area (Å²) in [5.74, 6) is -0.964. The van der Waals surface area contributed by atoms with Crippen molar-refractivity contribution in [3.63, 3.8) is 0 Å². The zero-order valence-electron chi connectivity index (χ0n) is 7.73. The van der Waals surface area contributed by atoms with Gasteiger partial charge < -0.3 is 9.67 Å².